The van der Waals surface area contributed by atoms with E-state index in [0.29, 0.717) is 27.0 Å². The molecule has 1 aliphatic heterocycles. The third-order valence-corrected chi connectivity index (χ3v) is 6.89. The van der Waals surface area contributed by atoms with Crippen molar-refractivity contribution in [2.75, 3.05) is 11.9 Å². The molecule has 0 saturated carbocycles. The lowest BCUT2D eigenvalue weighted by molar-refractivity contribution is -0.127. The fourth-order valence-corrected chi connectivity index (χ4v) is 4.81. The number of carbonyl (C=O) groups is 3. The standard InChI is InChI=1S/C25H17BrCl2N2O4S/c26-17-8-9-21(34-14-15-4-1-2-7-20(15)28)16(10-17)11-22-24(32)30(25(33)35-22)13-23(31)29-19-6-3-5-18(27)12-19/h1-12H,13-14H2,(H,29,31)/b22-11+. The molecule has 1 aliphatic rings. The Morgan fingerprint density at radius 1 is 1.06 bits per heavy atom. The number of anilines is 1. The van der Waals surface area contributed by atoms with Gasteiger partial charge in [-0.25, -0.2) is 0 Å². The zero-order valence-electron chi connectivity index (χ0n) is 18.0. The van der Waals surface area contributed by atoms with Gasteiger partial charge in [-0.1, -0.05) is 63.4 Å². The highest BCUT2D eigenvalue weighted by atomic mass is 79.9. The molecular formula is C25H17BrCl2N2O4S. The summed E-state index contributed by atoms with van der Waals surface area (Å²) in [5.41, 5.74) is 1.88. The van der Waals surface area contributed by atoms with E-state index < -0.39 is 23.6 Å². The molecule has 1 N–H and O–H groups in total. The number of thioether (sulfide) groups is 1. The van der Waals surface area contributed by atoms with Crippen LogP contribution in [0.3, 0.4) is 0 Å². The average molecular weight is 592 g/mol. The minimum atomic E-state index is -0.557. The number of rotatable bonds is 7. The highest BCUT2D eigenvalue weighted by Crippen LogP contribution is 2.35. The van der Waals surface area contributed by atoms with Crippen molar-refractivity contribution in [1.29, 1.82) is 0 Å². The van der Waals surface area contributed by atoms with E-state index in [0.717, 1.165) is 26.7 Å². The highest BCUT2D eigenvalue weighted by molar-refractivity contribution is 9.10. The SMILES string of the molecule is O=C(CN1C(=O)S/C(=C/c2cc(Br)ccc2OCc2ccccc2Cl)C1=O)Nc1cccc(Cl)c1. The Morgan fingerprint density at radius 3 is 2.63 bits per heavy atom. The predicted octanol–water partition coefficient (Wildman–Crippen LogP) is 7.01. The van der Waals surface area contributed by atoms with Crippen molar-refractivity contribution in [3.8, 4) is 5.75 Å². The number of hydrogen-bond acceptors (Lipinski definition) is 5. The third kappa shape index (κ3) is 6.46. The van der Waals surface area contributed by atoms with Crippen molar-refractivity contribution in [1.82, 2.24) is 4.90 Å². The number of ether oxygens (including phenoxy) is 1. The summed E-state index contributed by atoms with van der Waals surface area (Å²) in [7, 11) is 0. The summed E-state index contributed by atoms with van der Waals surface area (Å²) in [6.45, 7) is -0.184. The first-order valence-corrected chi connectivity index (χ1v) is 12.6. The Balaban J connectivity index is 1.49. The summed E-state index contributed by atoms with van der Waals surface area (Å²) >= 11 is 16.3. The molecule has 35 heavy (non-hydrogen) atoms. The second-order valence-electron chi connectivity index (χ2n) is 7.39. The first-order chi connectivity index (χ1) is 16.8. The van der Waals surface area contributed by atoms with E-state index >= 15 is 0 Å². The minimum absolute atomic E-state index is 0.186. The van der Waals surface area contributed by atoms with E-state index in [-0.39, 0.29) is 11.5 Å². The number of hydrogen-bond donors (Lipinski definition) is 1. The molecule has 0 aliphatic carbocycles. The normalized spacial score (nSPS) is 14.5. The molecule has 1 heterocycles. The molecule has 3 aromatic carbocycles. The Hall–Kier alpha value is -2.78. The van der Waals surface area contributed by atoms with Gasteiger partial charge in [0, 0.05) is 31.3 Å². The Bertz CT molecular complexity index is 1350. The monoisotopic (exact) mass is 590 g/mol. The Kier molecular flexibility index (Phi) is 8.18. The van der Waals surface area contributed by atoms with Crippen LogP contribution < -0.4 is 10.1 Å². The number of nitrogens with one attached hydrogen (secondary N) is 1. The zero-order valence-corrected chi connectivity index (χ0v) is 21.9. The zero-order chi connectivity index (χ0) is 24.9. The summed E-state index contributed by atoms with van der Waals surface area (Å²) in [5.74, 6) is -0.557. The van der Waals surface area contributed by atoms with Gasteiger partial charge >= 0.3 is 0 Å². The molecule has 10 heteroatoms. The molecule has 0 spiro atoms. The molecule has 3 amide bonds. The maximum absolute atomic E-state index is 12.9. The van der Waals surface area contributed by atoms with Crippen LogP contribution in [0.2, 0.25) is 10.0 Å². The van der Waals surface area contributed by atoms with Crippen LogP contribution in [-0.2, 0) is 16.2 Å². The van der Waals surface area contributed by atoms with Gasteiger partial charge < -0.3 is 10.1 Å². The molecule has 0 bridgehead atoms. The first kappa shape index (κ1) is 25.3. The molecule has 1 saturated heterocycles. The van der Waals surface area contributed by atoms with Gasteiger partial charge in [-0.2, -0.15) is 0 Å². The van der Waals surface area contributed by atoms with Crippen molar-refractivity contribution in [3.63, 3.8) is 0 Å². The summed E-state index contributed by atoms with van der Waals surface area (Å²) in [4.78, 5) is 38.9. The molecule has 0 radical (unpaired) electrons. The molecule has 0 atom stereocenters. The van der Waals surface area contributed by atoms with E-state index in [9.17, 15) is 14.4 Å². The van der Waals surface area contributed by atoms with Gasteiger partial charge in [0.2, 0.25) is 5.91 Å². The molecular weight excluding hydrogens is 575 g/mol. The van der Waals surface area contributed by atoms with Gasteiger partial charge in [0.05, 0.1) is 4.91 Å². The Labute approximate surface area is 224 Å². The van der Waals surface area contributed by atoms with Crippen molar-refractivity contribution >= 4 is 79.7 Å². The maximum Gasteiger partial charge on any atom is 0.294 e. The van der Waals surface area contributed by atoms with Crippen LogP contribution in [0.4, 0.5) is 10.5 Å². The lowest BCUT2D eigenvalue weighted by Crippen LogP contribution is -2.36. The lowest BCUT2D eigenvalue weighted by atomic mass is 10.1. The van der Waals surface area contributed by atoms with Gasteiger partial charge in [0.15, 0.2) is 0 Å². The molecule has 6 nitrogen and oxygen atoms in total. The van der Waals surface area contributed by atoms with Crippen molar-refractivity contribution in [2.24, 2.45) is 0 Å². The van der Waals surface area contributed by atoms with Gasteiger partial charge in [-0.05, 0) is 60.3 Å². The van der Waals surface area contributed by atoms with E-state index in [1.165, 1.54) is 0 Å². The topological polar surface area (TPSA) is 75.7 Å². The number of halogens is 3. The highest BCUT2D eigenvalue weighted by Gasteiger charge is 2.36. The quantitative estimate of drug-likeness (QED) is 0.299. The second kappa shape index (κ2) is 11.3. The smallest absolute Gasteiger partial charge is 0.294 e. The van der Waals surface area contributed by atoms with E-state index in [4.69, 9.17) is 27.9 Å². The van der Waals surface area contributed by atoms with Crippen LogP contribution in [0.5, 0.6) is 5.75 Å². The van der Waals surface area contributed by atoms with Crippen LogP contribution in [0.15, 0.2) is 76.1 Å². The fraction of sp³-hybridized carbons (Fsp3) is 0.0800. The average Bonchev–Trinajstić information content (AvgIpc) is 3.07. The second-order valence-corrected chi connectivity index (χ2v) is 10.1. The molecule has 178 valence electrons. The summed E-state index contributed by atoms with van der Waals surface area (Å²) in [6, 6.07) is 19.3. The Morgan fingerprint density at radius 2 is 1.86 bits per heavy atom. The van der Waals surface area contributed by atoms with Crippen molar-refractivity contribution in [2.45, 2.75) is 6.61 Å². The van der Waals surface area contributed by atoms with E-state index in [1.807, 2.05) is 24.3 Å². The third-order valence-electron chi connectivity index (χ3n) is 4.88. The molecule has 1 fully saturated rings. The largest absolute Gasteiger partial charge is 0.488 e. The maximum atomic E-state index is 12.9. The fourth-order valence-electron chi connectivity index (χ4n) is 3.22. The number of benzene rings is 3. The van der Waals surface area contributed by atoms with E-state index in [1.54, 1.807) is 48.5 Å². The van der Waals surface area contributed by atoms with Crippen LogP contribution in [-0.4, -0.2) is 28.5 Å². The van der Waals surface area contributed by atoms with Gasteiger partial charge in [0.1, 0.15) is 18.9 Å². The summed E-state index contributed by atoms with van der Waals surface area (Å²) in [6.07, 6.45) is 1.58. The van der Waals surface area contributed by atoms with Crippen LogP contribution in [0.1, 0.15) is 11.1 Å². The van der Waals surface area contributed by atoms with Gasteiger partial charge in [-0.15, -0.1) is 0 Å². The molecule has 0 unspecified atom stereocenters. The predicted molar refractivity (Wildman–Crippen MR) is 143 cm³/mol. The number of imide groups is 1. The van der Waals surface area contributed by atoms with Crippen LogP contribution in [0, 0.1) is 0 Å². The molecule has 0 aromatic heterocycles. The van der Waals surface area contributed by atoms with Crippen molar-refractivity contribution < 1.29 is 19.1 Å². The van der Waals surface area contributed by atoms with E-state index in [2.05, 4.69) is 21.2 Å². The molecule has 3 aromatic rings. The van der Waals surface area contributed by atoms with Crippen molar-refractivity contribution in [3.05, 3.63) is 97.3 Å². The van der Waals surface area contributed by atoms with Gasteiger partial charge in [-0.3, -0.25) is 19.3 Å². The van der Waals surface area contributed by atoms with Gasteiger partial charge in [0.25, 0.3) is 11.1 Å². The first-order valence-electron chi connectivity index (χ1n) is 10.3. The minimum Gasteiger partial charge on any atom is -0.488 e. The van der Waals surface area contributed by atoms with Crippen LogP contribution in [0.25, 0.3) is 6.08 Å². The van der Waals surface area contributed by atoms with Crippen LogP contribution >= 0.6 is 50.9 Å². The summed E-state index contributed by atoms with van der Waals surface area (Å²) in [5, 5.41) is 3.15. The molecule has 4 rings (SSSR count). The number of carbonyl (C=O) groups excluding carboxylic acids is 3. The lowest BCUT2D eigenvalue weighted by Gasteiger charge is -2.13. The number of amides is 3. The number of nitrogens with zero attached hydrogens (tertiary/aromatic N) is 1. The summed E-state index contributed by atoms with van der Waals surface area (Å²) < 4.78 is 6.73.